The second kappa shape index (κ2) is 9.57. The molecule has 0 aliphatic carbocycles. The summed E-state index contributed by atoms with van der Waals surface area (Å²) in [6.45, 7) is 2.05. The van der Waals surface area contributed by atoms with Gasteiger partial charge >= 0.3 is 65.2 Å². The van der Waals surface area contributed by atoms with Crippen LogP contribution in [0, 0.1) is 0 Å². The maximum atomic E-state index is 10.2. The average molecular weight is 260 g/mol. The summed E-state index contributed by atoms with van der Waals surface area (Å²) in [5, 5.41) is 1.29. The van der Waals surface area contributed by atoms with Gasteiger partial charge in [-0.15, -0.1) is 0 Å². The van der Waals surface area contributed by atoms with Gasteiger partial charge in [0.2, 0.25) is 0 Å². The van der Waals surface area contributed by atoms with Crippen molar-refractivity contribution in [2.75, 3.05) is 6.61 Å². The first-order chi connectivity index (χ1) is 4.27. The van der Waals surface area contributed by atoms with Crippen molar-refractivity contribution in [1.82, 2.24) is 0 Å². The zero-order chi connectivity index (χ0) is 7.11. The van der Waals surface area contributed by atoms with E-state index in [1.54, 1.807) is 0 Å². The van der Waals surface area contributed by atoms with Crippen molar-refractivity contribution in [1.29, 1.82) is 0 Å². The number of hydrogen-bond donors (Lipinski definition) is 0. The summed E-state index contributed by atoms with van der Waals surface area (Å²) >= 11 is 1.35. The molecule has 0 saturated carbocycles. The van der Waals surface area contributed by atoms with Crippen molar-refractivity contribution in [3.05, 3.63) is 0 Å². The fourth-order valence-electron chi connectivity index (χ4n) is 0.495. The van der Waals surface area contributed by atoms with Gasteiger partial charge in [0, 0.05) is 0 Å². The number of ether oxygens (including phenoxy) is 1. The zero-order valence-corrected chi connectivity index (χ0v) is 10.8. The summed E-state index contributed by atoms with van der Waals surface area (Å²) in [7, 11) is 0. The molecule has 0 aromatic heterocycles. The molecule has 0 radical (unpaired) electrons. The predicted octanol–water partition coefficient (Wildman–Crippen LogP) is -1.70. The Balaban J connectivity index is 0. The molecule has 0 fully saturated rings. The SMILES string of the molecule is CC(=O)OCCC[CH2][Zn+].[Br-]. The Kier molecular flexibility index (Phi) is 12.6. The molecule has 10 heavy (non-hydrogen) atoms. The molecule has 0 spiro atoms. The summed E-state index contributed by atoms with van der Waals surface area (Å²) in [6, 6.07) is 0. The molecule has 2 nitrogen and oxygen atoms in total. The van der Waals surface area contributed by atoms with Gasteiger partial charge in [-0.05, 0) is 0 Å². The number of hydrogen-bond acceptors (Lipinski definition) is 2. The van der Waals surface area contributed by atoms with Crippen molar-refractivity contribution < 1.29 is 44.8 Å². The monoisotopic (exact) mass is 258 g/mol. The minimum absolute atomic E-state index is 0. The maximum absolute atomic E-state index is 10.2. The summed E-state index contributed by atoms with van der Waals surface area (Å²) < 4.78 is 4.72. The molecule has 4 heteroatoms. The predicted molar refractivity (Wildman–Crippen MR) is 30.7 cm³/mol. The molecule has 0 aliphatic rings. The number of halogens is 1. The van der Waals surface area contributed by atoms with E-state index in [9.17, 15) is 4.79 Å². The van der Waals surface area contributed by atoms with Crippen molar-refractivity contribution in [3.63, 3.8) is 0 Å². The first-order valence-electron chi connectivity index (χ1n) is 3.20. The molecule has 0 aromatic rings. The summed E-state index contributed by atoms with van der Waals surface area (Å²) in [4.78, 5) is 10.2. The van der Waals surface area contributed by atoms with Gasteiger partial charge in [0.25, 0.3) is 0 Å². The molecular formula is C6H11BrO2Zn. The van der Waals surface area contributed by atoms with E-state index in [2.05, 4.69) is 0 Å². The van der Waals surface area contributed by atoms with Gasteiger partial charge in [0.1, 0.15) is 0 Å². The van der Waals surface area contributed by atoms with Gasteiger partial charge in [-0.3, -0.25) is 0 Å². The van der Waals surface area contributed by atoms with E-state index in [0.717, 1.165) is 6.42 Å². The second-order valence-electron chi connectivity index (χ2n) is 1.90. The molecule has 0 aromatic carbocycles. The average Bonchev–Trinajstić information content (AvgIpc) is 1.80. The fourth-order valence-corrected chi connectivity index (χ4v) is 1.24. The zero-order valence-electron chi connectivity index (χ0n) is 6.23. The summed E-state index contributed by atoms with van der Waals surface area (Å²) in [5.41, 5.74) is 0. The smallest absolute Gasteiger partial charge is 1.00 e. The Hall–Kier alpha value is 0.573. The molecule has 0 bridgehead atoms. The van der Waals surface area contributed by atoms with Crippen LogP contribution < -0.4 is 17.0 Å². The van der Waals surface area contributed by atoms with Gasteiger partial charge < -0.3 is 17.0 Å². The first-order valence-corrected chi connectivity index (χ1v) is 5.29. The molecule has 0 amide bonds. The van der Waals surface area contributed by atoms with Crippen LogP contribution in [0.4, 0.5) is 0 Å². The van der Waals surface area contributed by atoms with E-state index >= 15 is 0 Å². The minimum atomic E-state index is -0.165. The Morgan fingerprint density at radius 3 is 2.50 bits per heavy atom. The molecule has 0 heterocycles. The van der Waals surface area contributed by atoms with E-state index in [1.807, 2.05) is 0 Å². The summed E-state index contributed by atoms with van der Waals surface area (Å²) in [6.07, 6.45) is 2.23. The van der Waals surface area contributed by atoms with Crippen LogP contribution in [-0.2, 0) is 27.8 Å². The number of carbonyl (C=O) groups is 1. The maximum Gasteiger partial charge on any atom is -1.00 e. The third kappa shape index (κ3) is 11.4. The van der Waals surface area contributed by atoms with Crippen LogP contribution in [-0.4, -0.2) is 12.6 Å². The van der Waals surface area contributed by atoms with Crippen LogP contribution in [0.2, 0.25) is 5.02 Å². The van der Waals surface area contributed by atoms with Crippen molar-refractivity contribution in [3.8, 4) is 0 Å². The van der Waals surface area contributed by atoms with Crippen LogP contribution >= 0.6 is 0 Å². The first kappa shape index (κ1) is 13.2. The second-order valence-corrected chi connectivity index (χ2v) is 3.38. The van der Waals surface area contributed by atoms with E-state index in [-0.39, 0.29) is 23.0 Å². The van der Waals surface area contributed by atoms with Crippen molar-refractivity contribution in [2.24, 2.45) is 0 Å². The number of carbonyl (C=O) groups excluding carboxylic acids is 1. The number of rotatable bonds is 4. The third-order valence-corrected chi connectivity index (χ3v) is 2.00. The van der Waals surface area contributed by atoms with E-state index in [1.165, 1.54) is 36.7 Å². The molecule has 0 rings (SSSR count). The van der Waals surface area contributed by atoms with Gasteiger partial charge in [-0.25, -0.2) is 0 Å². The molecule has 0 atom stereocenters. The molecule has 56 valence electrons. The minimum Gasteiger partial charge on any atom is -1.00 e. The van der Waals surface area contributed by atoms with E-state index in [4.69, 9.17) is 4.74 Å². The standard InChI is InChI=1S/C6H11O2.BrH.Zn/c1-3-4-5-8-6(2)7;;/h1,3-5H2,2H3;1H;/q;;+1/p-1. The van der Waals surface area contributed by atoms with Gasteiger partial charge in [-0.2, -0.15) is 0 Å². The quantitative estimate of drug-likeness (QED) is 0.342. The van der Waals surface area contributed by atoms with Crippen LogP contribution in [0.5, 0.6) is 0 Å². The van der Waals surface area contributed by atoms with Gasteiger partial charge in [-0.1, -0.05) is 0 Å². The van der Waals surface area contributed by atoms with Crippen molar-refractivity contribution >= 4 is 5.97 Å². The molecule has 0 N–H and O–H groups in total. The number of esters is 1. The van der Waals surface area contributed by atoms with Crippen molar-refractivity contribution in [2.45, 2.75) is 24.8 Å². The van der Waals surface area contributed by atoms with Crippen LogP contribution in [0.25, 0.3) is 0 Å². The van der Waals surface area contributed by atoms with E-state index in [0.29, 0.717) is 6.61 Å². The number of unbranched alkanes of at least 4 members (excludes halogenated alkanes) is 1. The topological polar surface area (TPSA) is 26.3 Å². The third-order valence-electron chi connectivity index (χ3n) is 0.950. The molecule has 0 unspecified atom stereocenters. The van der Waals surface area contributed by atoms with Gasteiger partial charge in [0.15, 0.2) is 0 Å². The Morgan fingerprint density at radius 2 is 2.10 bits per heavy atom. The Morgan fingerprint density at radius 1 is 1.50 bits per heavy atom. The van der Waals surface area contributed by atoms with E-state index < -0.39 is 0 Å². The summed E-state index contributed by atoms with van der Waals surface area (Å²) in [5.74, 6) is -0.165. The molecule has 0 saturated heterocycles. The molecular weight excluding hydrogens is 249 g/mol. The Bertz CT molecular complexity index is 87.8. The van der Waals surface area contributed by atoms with Crippen LogP contribution in [0.1, 0.15) is 19.8 Å². The normalized spacial score (nSPS) is 8.30. The van der Waals surface area contributed by atoms with Gasteiger partial charge in [0.05, 0.1) is 0 Å². The Labute approximate surface area is 82.2 Å². The van der Waals surface area contributed by atoms with Crippen LogP contribution in [0.15, 0.2) is 0 Å². The largest absolute Gasteiger partial charge is 1.00 e. The van der Waals surface area contributed by atoms with Crippen LogP contribution in [0.3, 0.4) is 0 Å². The molecule has 0 aliphatic heterocycles. The fraction of sp³-hybridized carbons (Fsp3) is 0.833.